The van der Waals surface area contributed by atoms with Gasteiger partial charge in [-0.2, -0.15) is 5.26 Å². The minimum absolute atomic E-state index is 0.0168. The summed E-state index contributed by atoms with van der Waals surface area (Å²) < 4.78 is 52.2. The van der Waals surface area contributed by atoms with E-state index in [1.807, 2.05) is 0 Å². The first-order chi connectivity index (χ1) is 17.8. The highest BCUT2D eigenvalue weighted by molar-refractivity contribution is 7.92. The molecule has 5 rings (SSSR count). The van der Waals surface area contributed by atoms with Crippen molar-refractivity contribution < 1.29 is 22.1 Å². The lowest BCUT2D eigenvalue weighted by Crippen LogP contribution is -2.13. The molecule has 0 aliphatic rings. The molecule has 5 aromatic rings. The lowest BCUT2D eigenvalue weighted by atomic mass is 9.94. The number of sulfonamides is 1. The van der Waals surface area contributed by atoms with Crippen LogP contribution in [-0.4, -0.2) is 25.7 Å². The number of ether oxygens (including phenoxy) is 1. The zero-order valence-electron chi connectivity index (χ0n) is 19.1. The van der Waals surface area contributed by atoms with E-state index in [0.29, 0.717) is 38.9 Å². The Morgan fingerprint density at radius 3 is 2.62 bits per heavy atom. The molecule has 8 nitrogen and oxygen atoms in total. The number of nitriles is 1. The third-order valence-corrected chi connectivity index (χ3v) is 7.18. The highest BCUT2D eigenvalue weighted by Gasteiger charge is 2.20. The summed E-state index contributed by atoms with van der Waals surface area (Å²) in [5, 5.41) is 14.9. The average Bonchev–Trinajstić information content (AvgIpc) is 3.39. The van der Waals surface area contributed by atoms with E-state index in [1.165, 1.54) is 49.9 Å². The highest BCUT2D eigenvalue weighted by Crippen LogP contribution is 2.39. The second-order valence-corrected chi connectivity index (χ2v) is 10.0. The van der Waals surface area contributed by atoms with Crippen LogP contribution in [0.4, 0.5) is 10.2 Å². The number of nitrogens with zero attached hydrogens (tertiary/aromatic N) is 3. The summed E-state index contributed by atoms with van der Waals surface area (Å²) in [5.41, 5.74) is 2.10. The molecule has 0 fully saturated rings. The maximum absolute atomic E-state index is 14.0. The molecule has 0 spiro atoms. The predicted octanol–water partition coefficient (Wildman–Crippen LogP) is 6.03. The molecule has 0 aliphatic heterocycles. The van der Waals surface area contributed by atoms with E-state index < -0.39 is 15.8 Å². The van der Waals surface area contributed by atoms with Crippen molar-refractivity contribution in [3.05, 3.63) is 89.5 Å². The molecule has 37 heavy (non-hydrogen) atoms. The average molecular weight is 535 g/mol. The van der Waals surface area contributed by atoms with Crippen molar-refractivity contribution in [1.82, 2.24) is 10.1 Å². The number of nitrogens with one attached hydrogen (secondary N) is 1. The number of methoxy groups -OCH3 is 1. The summed E-state index contributed by atoms with van der Waals surface area (Å²) in [5.74, 6) is -0.0864. The second-order valence-electron chi connectivity index (χ2n) is 7.90. The van der Waals surface area contributed by atoms with Crippen molar-refractivity contribution in [3.8, 4) is 34.2 Å². The van der Waals surface area contributed by atoms with Gasteiger partial charge in [-0.05, 0) is 59.5 Å². The van der Waals surface area contributed by atoms with Gasteiger partial charge >= 0.3 is 0 Å². The van der Waals surface area contributed by atoms with Gasteiger partial charge in [0, 0.05) is 33.8 Å². The molecule has 0 radical (unpaired) electrons. The molecular weight excluding hydrogens is 519 g/mol. The minimum atomic E-state index is -3.92. The Morgan fingerprint density at radius 1 is 1.08 bits per heavy atom. The van der Waals surface area contributed by atoms with E-state index in [9.17, 15) is 18.1 Å². The first-order valence-corrected chi connectivity index (χ1v) is 12.6. The predicted molar refractivity (Wildman–Crippen MR) is 136 cm³/mol. The Kier molecular flexibility index (Phi) is 6.25. The maximum atomic E-state index is 14.0. The van der Waals surface area contributed by atoms with Crippen LogP contribution in [0.2, 0.25) is 5.02 Å². The third kappa shape index (κ3) is 4.70. The molecule has 2 heterocycles. The molecule has 3 aromatic carbocycles. The van der Waals surface area contributed by atoms with Gasteiger partial charge in [-0.1, -0.05) is 22.8 Å². The Balaban J connectivity index is 1.63. The number of aromatic nitrogens is 2. The first-order valence-electron chi connectivity index (χ1n) is 10.7. The van der Waals surface area contributed by atoms with Crippen molar-refractivity contribution in [2.75, 3.05) is 11.8 Å². The molecule has 1 N–H and O–H groups in total. The van der Waals surface area contributed by atoms with E-state index in [4.69, 9.17) is 16.3 Å². The summed E-state index contributed by atoms with van der Waals surface area (Å²) in [6.07, 6.45) is 2.79. The quantitative estimate of drug-likeness (QED) is 0.282. The molecule has 0 aliphatic carbocycles. The van der Waals surface area contributed by atoms with Gasteiger partial charge in [0.1, 0.15) is 17.8 Å². The maximum Gasteiger partial charge on any atom is 0.263 e. The number of fused-ring (bicyclic) bond motifs is 1. The van der Waals surface area contributed by atoms with Gasteiger partial charge < -0.3 is 9.26 Å². The monoisotopic (exact) mass is 534 g/mol. The normalized spacial score (nSPS) is 11.3. The number of halogens is 2. The number of hydrogen-bond donors (Lipinski definition) is 1. The summed E-state index contributed by atoms with van der Waals surface area (Å²) in [4.78, 5) is 4.50. The zero-order chi connectivity index (χ0) is 26.2. The first kappa shape index (κ1) is 24.2. The van der Waals surface area contributed by atoms with Gasteiger partial charge in [-0.3, -0.25) is 9.71 Å². The highest BCUT2D eigenvalue weighted by atomic mass is 35.5. The summed E-state index contributed by atoms with van der Waals surface area (Å²) in [6.45, 7) is 0. The Morgan fingerprint density at radius 2 is 1.92 bits per heavy atom. The number of pyridine rings is 1. The van der Waals surface area contributed by atoms with Crippen LogP contribution >= 0.6 is 11.6 Å². The Hall–Kier alpha value is -4.46. The Bertz CT molecular complexity index is 1780. The minimum Gasteiger partial charge on any atom is -0.496 e. The summed E-state index contributed by atoms with van der Waals surface area (Å²) in [7, 11) is -2.45. The fourth-order valence-electron chi connectivity index (χ4n) is 3.97. The van der Waals surface area contributed by atoms with Crippen LogP contribution in [0.15, 0.2) is 82.5 Å². The standard InChI is InChI=1S/C26H16ClFN4O4S/c1-35-24-13-22(16-8-18(27)12-19(28)9-16)17(14-29)11-23(24)26-21-3-2-20(10-15(21)4-6-30-26)37(33,34)32-25-5-7-36-31-25/h2-13H,1H3,(H,31,32). The van der Waals surface area contributed by atoms with Crippen LogP contribution in [-0.2, 0) is 10.0 Å². The van der Waals surface area contributed by atoms with Crippen molar-refractivity contribution in [1.29, 1.82) is 5.26 Å². The lowest BCUT2D eigenvalue weighted by molar-refractivity contribution is 0.416. The SMILES string of the molecule is COc1cc(-c2cc(F)cc(Cl)c2)c(C#N)cc1-c1nccc2cc(S(=O)(=O)Nc3ccon3)ccc12. The zero-order valence-corrected chi connectivity index (χ0v) is 20.6. The van der Waals surface area contributed by atoms with Crippen molar-refractivity contribution >= 4 is 38.2 Å². The molecule has 0 bridgehead atoms. The van der Waals surface area contributed by atoms with Crippen molar-refractivity contribution in [2.24, 2.45) is 0 Å². The number of hydrogen-bond acceptors (Lipinski definition) is 7. The van der Waals surface area contributed by atoms with E-state index in [-0.39, 0.29) is 21.3 Å². The molecule has 0 saturated carbocycles. The second kappa shape index (κ2) is 9.54. The lowest BCUT2D eigenvalue weighted by Gasteiger charge is -2.15. The van der Waals surface area contributed by atoms with Crippen LogP contribution < -0.4 is 9.46 Å². The van der Waals surface area contributed by atoms with Gasteiger partial charge in [0.05, 0.1) is 29.3 Å². The van der Waals surface area contributed by atoms with Crippen LogP contribution in [0.5, 0.6) is 5.75 Å². The molecule has 0 saturated heterocycles. The van der Waals surface area contributed by atoms with E-state index in [0.717, 1.165) is 0 Å². The van der Waals surface area contributed by atoms with Crippen LogP contribution in [0.25, 0.3) is 33.2 Å². The van der Waals surface area contributed by atoms with E-state index in [2.05, 4.69) is 25.5 Å². The third-order valence-electron chi connectivity index (χ3n) is 5.61. The number of benzene rings is 3. The fourth-order valence-corrected chi connectivity index (χ4v) is 5.22. The fraction of sp³-hybridized carbons (Fsp3) is 0.0385. The van der Waals surface area contributed by atoms with Crippen LogP contribution in [0, 0.1) is 17.1 Å². The molecular formula is C26H16ClFN4O4S. The molecule has 0 amide bonds. The largest absolute Gasteiger partial charge is 0.496 e. The number of anilines is 1. The molecule has 184 valence electrons. The summed E-state index contributed by atoms with van der Waals surface area (Å²) in [6, 6.07) is 17.0. The summed E-state index contributed by atoms with van der Waals surface area (Å²) >= 11 is 6.03. The molecule has 11 heteroatoms. The van der Waals surface area contributed by atoms with Crippen molar-refractivity contribution in [3.63, 3.8) is 0 Å². The van der Waals surface area contributed by atoms with Crippen LogP contribution in [0.1, 0.15) is 5.56 Å². The van der Waals surface area contributed by atoms with E-state index >= 15 is 0 Å². The van der Waals surface area contributed by atoms with Crippen LogP contribution in [0.3, 0.4) is 0 Å². The van der Waals surface area contributed by atoms with Gasteiger partial charge in [-0.25, -0.2) is 12.8 Å². The smallest absolute Gasteiger partial charge is 0.263 e. The number of rotatable bonds is 6. The molecule has 2 aromatic heterocycles. The molecule has 0 unspecified atom stereocenters. The topological polar surface area (TPSA) is 118 Å². The van der Waals surface area contributed by atoms with Gasteiger partial charge in [0.25, 0.3) is 10.0 Å². The van der Waals surface area contributed by atoms with Gasteiger partial charge in [0.2, 0.25) is 0 Å². The van der Waals surface area contributed by atoms with Gasteiger partial charge in [-0.15, -0.1) is 0 Å². The van der Waals surface area contributed by atoms with Crippen molar-refractivity contribution in [2.45, 2.75) is 4.90 Å². The van der Waals surface area contributed by atoms with Gasteiger partial charge in [0.15, 0.2) is 5.82 Å². The Labute approximate surface area is 215 Å². The van der Waals surface area contributed by atoms with E-state index in [1.54, 1.807) is 30.3 Å². The molecule has 0 atom stereocenters.